The van der Waals surface area contributed by atoms with Crippen LogP contribution in [-0.4, -0.2) is 17.7 Å². The molecule has 2 atom stereocenters. The van der Waals surface area contributed by atoms with Gasteiger partial charge in [0, 0.05) is 18.3 Å². The summed E-state index contributed by atoms with van der Waals surface area (Å²) in [7, 11) is 0. The molecule has 2 nitrogen and oxygen atoms in total. The van der Waals surface area contributed by atoms with Crippen molar-refractivity contribution in [1.29, 1.82) is 0 Å². The number of aliphatic hydroxyl groups excluding tert-OH is 1. The van der Waals surface area contributed by atoms with Crippen LogP contribution in [0.4, 0.5) is 5.69 Å². The quantitative estimate of drug-likeness (QED) is 0.864. The van der Waals surface area contributed by atoms with Crippen LogP contribution in [0.2, 0.25) is 0 Å². The zero-order valence-corrected chi connectivity index (χ0v) is 11.2. The molecule has 0 aromatic heterocycles. The smallest absolute Gasteiger partial charge is 0.0684 e. The molecule has 2 fully saturated rings. The summed E-state index contributed by atoms with van der Waals surface area (Å²) >= 11 is 0. The Morgan fingerprint density at radius 3 is 2.83 bits per heavy atom. The lowest BCUT2D eigenvalue weighted by atomic mass is 9.85. The lowest BCUT2D eigenvalue weighted by molar-refractivity contribution is 0.281. The van der Waals surface area contributed by atoms with Gasteiger partial charge in [-0.05, 0) is 55.4 Å². The van der Waals surface area contributed by atoms with E-state index in [9.17, 15) is 5.11 Å². The summed E-state index contributed by atoms with van der Waals surface area (Å²) in [5.41, 5.74) is 3.63. The Hall–Kier alpha value is -1.02. The van der Waals surface area contributed by atoms with Crippen molar-refractivity contribution in [2.24, 2.45) is 5.92 Å². The molecular weight excluding hydrogens is 222 g/mol. The zero-order valence-electron chi connectivity index (χ0n) is 11.2. The monoisotopic (exact) mass is 245 g/mol. The Morgan fingerprint density at radius 2 is 2.06 bits per heavy atom. The molecule has 2 heteroatoms. The number of hydrogen-bond donors (Lipinski definition) is 1. The van der Waals surface area contributed by atoms with Gasteiger partial charge in [0.05, 0.1) is 6.61 Å². The molecule has 1 aliphatic carbocycles. The highest BCUT2D eigenvalue weighted by Crippen LogP contribution is 2.39. The van der Waals surface area contributed by atoms with Crippen molar-refractivity contribution in [3.8, 4) is 0 Å². The Labute approximate surface area is 110 Å². The fourth-order valence-electron chi connectivity index (χ4n) is 3.76. The maximum absolute atomic E-state index is 9.25. The second kappa shape index (κ2) is 4.93. The minimum Gasteiger partial charge on any atom is -0.392 e. The van der Waals surface area contributed by atoms with Crippen LogP contribution in [0.3, 0.4) is 0 Å². The Bertz CT molecular complexity index is 429. The van der Waals surface area contributed by atoms with Gasteiger partial charge < -0.3 is 10.0 Å². The molecule has 98 valence electrons. The van der Waals surface area contributed by atoms with Crippen LogP contribution in [0, 0.1) is 12.8 Å². The number of benzene rings is 1. The molecular formula is C16H23NO. The molecule has 1 aromatic carbocycles. The summed E-state index contributed by atoms with van der Waals surface area (Å²) < 4.78 is 0. The summed E-state index contributed by atoms with van der Waals surface area (Å²) in [6.45, 7) is 3.47. The predicted octanol–water partition coefficient (Wildman–Crippen LogP) is 3.26. The van der Waals surface area contributed by atoms with Gasteiger partial charge >= 0.3 is 0 Å². The summed E-state index contributed by atoms with van der Waals surface area (Å²) in [5, 5.41) is 9.25. The molecule has 1 heterocycles. The number of aliphatic hydroxyl groups is 1. The summed E-state index contributed by atoms with van der Waals surface area (Å²) in [4.78, 5) is 2.61. The van der Waals surface area contributed by atoms with E-state index in [1.165, 1.54) is 49.9 Å². The SMILES string of the molecule is Cc1cc(N2CCC3CCCCC32)ccc1CO. The van der Waals surface area contributed by atoms with Gasteiger partial charge in [0.15, 0.2) is 0 Å². The zero-order chi connectivity index (χ0) is 12.5. The molecule has 1 N–H and O–H groups in total. The van der Waals surface area contributed by atoms with Gasteiger partial charge in [-0.3, -0.25) is 0 Å². The first-order valence-corrected chi connectivity index (χ1v) is 7.26. The lowest BCUT2D eigenvalue weighted by Gasteiger charge is -2.33. The van der Waals surface area contributed by atoms with Crippen LogP contribution in [0.5, 0.6) is 0 Å². The third kappa shape index (κ3) is 2.03. The van der Waals surface area contributed by atoms with Gasteiger partial charge in [-0.2, -0.15) is 0 Å². The Morgan fingerprint density at radius 1 is 1.22 bits per heavy atom. The van der Waals surface area contributed by atoms with Crippen LogP contribution in [0.15, 0.2) is 18.2 Å². The van der Waals surface area contributed by atoms with Crippen molar-refractivity contribution in [3.05, 3.63) is 29.3 Å². The first-order valence-electron chi connectivity index (χ1n) is 7.26. The largest absolute Gasteiger partial charge is 0.392 e. The second-order valence-corrected chi connectivity index (χ2v) is 5.86. The van der Waals surface area contributed by atoms with Crippen molar-refractivity contribution < 1.29 is 5.11 Å². The lowest BCUT2D eigenvalue weighted by Crippen LogP contribution is -2.34. The summed E-state index contributed by atoms with van der Waals surface area (Å²) in [6.07, 6.45) is 6.98. The molecule has 1 aromatic rings. The predicted molar refractivity (Wildman–Crippen MR) is 74.8 cm³/mol. The molecule has 2 aliphatic rings. The molecule has 0 amide bonds. The fraction of sp³-hybridized carbons (Fsp3) is 0.625. The van der Waals surface area contributed by atoms with Gasteiger partial charge in [0.1, 0.15) is 0 Å². The third-order valence-electron chi connectivity index (χ3n) is 4.84. The standard InChI is InChI=1S/C16H23NO/c1-12-10-15(7-6-14(12)11-18)17-9-8-13-4-2-3-5-16(13)17/h6-7,10,13,16,18H,2-5,8-9,11H2,1H3. The second-order valence-electron chi connectivity index (χ2n) is 5.86. The van der Waals surface area contributed by atoms with Crippen LogP contribution in [-0.2, 0) is 6.61 Å². The van der Waals surface area contributed by atoms with Gasteiger partial charge in [0.2, 0.25) is 0 Å². The van der Waals surface area contributed by atoms with Crippen LogP contribution in [0.1, 0.15) is 43.2 Å². The van der Waals surface area contributed by atoms with E-state index in [1.54, 1.807) is 0 Å². The Balaban J connectivity index is 1.84. The summed E-state index contributed by atoms with van der Waals surface area (Å²) in [5.74, 6) is 0.927. The molecule has 18 heavy (non-hydrogen) atoms. The molecule has 0 radical (unpaired) electrons. The maximum atomic E-state index is 9.25. The van der Waals surface area contributed by atoms with E-state index in [2.05, 4.69) is 30.0 Å². The van der Waals surface area contributed by atoms with Crippen molar-refractivity contribution in [3.63, 3.8) is 0 Å². The molecule has 1 saturated carbocycles. The number of anilines is 1. The van der Waals surface area contributed by atoms with Gasteiger partial charge in [0.25, 0.3) is 0 Å². The topological polar surface area (TPSA) is 23.5 Å². The molecule has 2 unspecified atom stereocenters. The molecule has 1 saturated heterocycles. The van der Waals surface area contributed by atoms with E-state index >= 15 is 0 Å². The van der Waals surface area contributed by atoms with Gasteiger partial charge in [-0.1, -0.05) is 18.9 Å². The Kier molecular flexibility index (Phi) is 3.29. The molecule has 3 rings (SSSR count). The number of aryl methyl sites for hydroxylation is 1. The van der Waals surface area contributed by atoms with Crippen LogP contribution >= 0.6 is 0 Å². The maximum Gasteiger partial charge on any atom is 0.0684 e. The average Bonchev–Trinajstić information content (AvgIpc) is 2.82. The van der Waals surface area contributed by atoms with Gasteiger partial charge in [-0.25, -0.2) is 0 Å². The highest BCUT2D eigenvalue weighted by Gasteiger charge is 2.35. The minimum atomic E-state index is 0.151. The first-order chi connectivity index (χ1) is 8.79. The van der Waals surface area contributed by atoms with Crippen LogP contribution < -0.4 is 4.90 Å². The van der Waals surface area contributed by atoms with Gasteiger partial charge in [-0.15, -0.1) is 0 Å². The minimum absolute atomic E-state index is 0.151. The number of nitrogens with zero attached hydrogens (tertiary/aromatic N) is 1. The van der Waals surface area contributed by atoms with E-state index in [1.807, 2.05) is 0 Å². The van der Waals surface area contributed by atoms with E-state index in [-0.39, 0.29) is 6.61 Å². The fourth-order valence-corrected chi connectivity index (χ4v) is 3.76. The number of hydrogen-bond acceptors (Lipinski definition) is 2. The van der Waals surface area contributed by atoms with Crippen molar-refractivity contribution in [2.45, 2.75) is 51.7 Å². The molecule has 1 aliphatic heterocycles. The normalized spacial score (nSPS) is 27.3. The van der Waals surface area contributed by atoms with E-state index in [0.717, 1.165) is 17.5 Å². The molecule has 0 bridgehead atoms. The van der Waals surface area contributed by atoms with Crippen molar-refractivity contribution in [2.75, 3.05) is 11.4 Å². The molecule has 0 spiro atoms. The first kappa shape index (κ1) is 12.0. The third-order valence-corrected chi connectivity index (χ3v) is 4.84. The van der Waals surface area contributed by atoms with E-state index in [4.69, 9.17) is 0 Å². The van der Waals surface area contributed by atoms with Crippen molar-refractivity contribution in [1.82, 2.24) is 0 Å². The van der Waals surface area contributed by atoms with Crippen molar-refractivity contribution >= 4 is 5.69 Å². The average molecular weight is 245 g/mol. The highest BCUT2D eigenvalue weighted by atomic mass is 16.3. The van der Waals surface area contributed by atoms with E-state index in [0.29, 0.717) is 0 Å². The number of rotatable bonds is 2. The summed E-state index contributed by atoms with van der Waals surface area (Å²) in [6, 6.07) is 7.30. The number of fused-ring (bicyclic) bond motifs is 1. The van der Waals surface area contributed by atoms with E-state index < -0.39 is 0 Å². The highest BCUT2D eigenvalue weighted by molar-refractivity contribution is 5.52. The van der Waals surface area contributed by atoms with Crippen LogP contribution in [0.25, 0.3) is 0 Å².